The quantitative estimate of drug-likeness (QED) is 0.724. The van der Waals surface area contributed by atoms with Crippen LogP contribution in [0.25, 0.3) is 11.0 Å². The van der Waals surface area contributed by atoms with Crippen LogP contribution in [-0.4, -0.2) is 27.8 Å². The second-order valence-electron chi connectivity index (χ2n) is 5.31. The van der Waals surface area contributed by atoms with Crippen LogP contribution in [0.2, 0.25) is 0 Å². The molecular weight excluding hydrogens is 344 g/mol. The van der Waals surface area contributed by atoms with Crippen molar-refractivity contribution in [2.75, 3.05) is 18.9 Å². The largest absolute Gasteiger partial charge is 0.496 e. The maximum absolute atomic E-state index is 12.9. The number of benzene rings is 2. The topological polar surface area (TPSA) is 90.7 Å². The van der Waals surface area contributed by atoms with Gasteiger partial charge in [-0.2, -0.15) is 0 Å². The number of rotatable bonds is 6. The Morgan fingerprint density at radius 2 is 1.88 bits per heavy atom. The van der Waals surface area contributed by atoms with E-state index in [1.807, 2.05) is 13.0 Å². The second-order valence-corrected chi connectivity index (χ2v) is 6.96. The fourth-order valence-corrected chi connectivity index (χ4v) is 3.76. The Morgan fingerprint density at radius 3 is 2.56 bits per heavy atom. The first-order chi connectivity index (χ1) is 12.0. The number of sulfonamides is 1. The van der Waals surface area contributed by atoms with Gasteiger partial charge >= 0.3 is 0 Å². The molecule has 0 aliphatic rings. The summed E-state index contributed by atoms with van der Waals surface area (Å²) in [5, 5.41) is 4.28. The third-order valence-corrected chi connectivity index (χ3v) is 5.20. The van der Waals surface area contributed by atoms with Gasteiger partial charge in [-0.05, 0) is 36.2 Å². The highest BCUT2D eigenvalue weighted by atomic mass is 32.2. The Hall–Kier alpha value is -2.74. The van der Waals surface area contributed by atoms with E-state index in [0.717, 1.165) is 5.56 Å². The maximum atomic E-state index is 12.9. The lowest BCUT2D eigenvalue weighted by atomic mass is 10.2. The van der Waals surface area contributed by atoms with Crippen LogP contribution in [0.4, 0.5) is 5.82 Å². The molecule has 8 heteroatoms. The molecule has 2 aromatic carbocycles. The van der Waals surface area contributed by atoms with Gasteiger partial charge in [0.05, 0.1) is 14.2 Å². The first-order valence-corrected chi connectivity index (χ1v) is 9.10. The summed E-state index contributed by atoms with van der Waals surface area (Å²) in [5.41, 5.74) is 1.30. The number of hydrogen-bond acceptors (Lipinski definition) is 6. The Kier molecular flexibility index (Phi) is 4.54. The minimum absolute atomic E-state index is 0.0420. The summed E-state index contributed by atoms with van der Waals surface area (Å²) < 4.78 is 43.9. The summed E-state index contributed by atoms with van der Waals surface area (Å²) in [6.45, 7) is 1.95. The number of hydrogen-bond donors (Lipinski definition) is 1. The molecule has 0 aliphatic heterocycles. The number of nitrogens with one attached hydrogen (secondary N) is 1. The standard InChI is InChI=1S/C17H18N2O5S/c1-4-11-8-9-12(22-2)15(10-11)25(20,21)19-17-16-13(23-3)6-5-7-14(16)24-18-17/h5-10H,4H2,1-3H3,(H,18,19). The minimum atomic E-state index is -3.93. The number of nitrogens with zero attached hydrogens (tertiary/aromatic N) is 1. The zero-order chi connectivity index (χ0) is 18.0. The zero-order valence-electron chi connectivity index (χ0n) is 14.1. The summed E-state index contributed by atoms with van der Waals surface area (Å²) in [6, 6.07) is 10.2. The summed E-state index contributed by atoms with van der Waals surface area (Å²) in [5.74, 6) is 0.784. The van der Waals surface area contributed by atoms with Crippen molar-refractivity contribution < 1.29 is 22.4 Å². The molecule has 3 rings (SSSR count). The van der Waals surface area contributed by atoms with Crippen molar-refractivity contribution in [3.05, 3.63) is 42.0 Å². The van der Waals surface area contributed by atoms with E-state index in [4.69, 9.17) is 14.0 Å². The van der Waals surface area contributed by atoms with E-state index in [1.54, 1.807) is 30.3 Å². The van der Waals surface area contributed by atoms with Gasteiger partial charge in [0.25, 0.3) is 10.0 Å². The summed E-state index contributed by atoms with van der Waals surface area (Å²) in [6.07, 6.45) is 0.702. The van der Waals surface area contributed by atoms with Crippen molar-refractivity contribution in [2.45, 2.75) is 18.2 Å². The Labute approximate surface area is 145 Å². The van der Waals surface area contributed by atoms with E-state index in [2.05, 4.69) is 9.88 Å². The van der Waals surface area contributed by atoms with Gasteiger partial charge in [-0.15, -0.1) is 0 Å². The predicted molar refractivity (Wildman–Crippen MR) is 93.7 cm³/mol. The molecule has 0 radical (unpaired) electrons. The first kappa shape index (κ1) is 17.1. The van der Waals surface area contributed by atoms with E-state index in [-0.39, 0.29) is 16.5 Å². The summed E-state index contributed by atoms with van der Waals surface area (Å²) in [4.78, 5) is 0.0420. The van der Waals surface area contributed by atoms with Gasteiger partial charge < -0.3 is 14.0 Å². The highest BCUT2D eigenvalue weighted by molar-refractivity contribution is 7.92. The average Bonchev–Trinajstić information content (AvgIpc) is 3.03. The number of aromatic nitrogens is 1. The minimum Gasteiger partial charge on any atom is -0.496 e. The molecule has 0 saturated heterocycles. The Morgan fingerprint density at radius 1 is 1.12 bits per heavy atom. The van der Waals surface area contributed by atoms with E-state index in [9.17, 15) is 8.42 Å². The molecule has 0 fully saturated rings. The van der Waals surface area contributed by atoms with E-state index >= 15 is 0 Å². The Bertz CT molecular complexity index is 1010. The molecule has 0 amide bonds. The molecule has 0 aliphatic carbocycles. The van der Waals surface area contributed by atoms with Crippen LogP contribution in [0.15, 0.2) is 45.8 Å². The number of methoxy groups -OCH3 is 2. The van der Waals surface area contributed by atoms with Gasteiger partial charge in [0.1, 0.15) is 21.8 Å². The lowest BCUT2D eigenvalue weighted by Crippen LogP contribution is -2.15. The van der Waals surface area contributed by atoms with Gasteiger partial charge in [0, 0.05) is 0 Å². The first-order valence-electron chi connectivity index (χ1n) is 7.62. The normalized spacial score (nSPS) is 11.5. The lowest BCUT2D eigenvalue weighted by Gasteiger charge is -2.12. The predicted octanol–water partition coefficient (Wildman–Crippen LogP) is 3.21. The molecule has 25 heavy (non-hydrogen) atoms. The molecule has 3 aromatic rings. The van der Waals surface area contributed by atoms with Crippen molar-refractivity contribution in [1.29, 1.82) is 0 Å². The fourth-order valence-electron chi connectivity index (χ4n) is 2.53. The highest BCUT2D eigenvalue weighted by Gasteiger charge is 2.24. The number of aryl methyl sites for hydroxylation is 1. The molecule has 0 unspecified atom stereocenters. The van der Waals surface area contributed by atoms with Crippen LogP contribution in [0, 0.1) is 0 Å². The smallest absolute Gasteiger partial charge is 0.266 e. The van der Waals surface area contributed by atoms with Gasteiger partial charge in [0.15, 0.2) is 11.4 Å². The Balaban J connectivity index is 2.09. The molecule has 1 heterocycles. The molecule has 1 N–H and O–H groups in total. The van der Waals surface area contributed by atoms with Crippen molar-refractivity contribution in [3.8, 4) is 11.5 Å². The molecule has 1 aromatic heterocycles. The molecule has 7 nitrogen and oxygen atoms in total. The molecule has 0 atom stereocenters. The van der Waals surface area contributed by atoms with Crippen LogP contribution in [-0.2, 0) is 16.4 Å². The van der Waals surface area contributed by atoms with Crippen LogP contribution in [0.5, 0.6) is 11.5 Å². The third kappa shape index (κ3) is 3.12. The summed E-state index contributed by atoms with van der Waals surface area (Å²) >= 11 is 0. The van der Waals surface area contributed by atoms with Crippen LogP contribution in [0.3, 0.4) is 0 Å². The maximum Gasteiger partial charge on any atom is 0.266 e. The third-order valence-electron chi connectivity index (χ3n) is 3.84. The number of ether oxygens (including phenoxy) is 2. The lowest BCUT2D eigenvalue weighted by molar-refractivity contribution is 0.402. The highest BCUT2D eigenvalue weighted by Crippen LogP contribution is 2.34. The van der Waals surface area contributed by atoms with Crippen LogP contribution < -0.4 is 14.2 Å². The van der Waals surface area contributed by atoms with Crippen molar-refractivity contribution in [1.82, 2.24) is 5.16 Å². The SMILES string of the molecule is CCc1ccc(OC)c(S(=O)(=O)Nc2noc3cccc(OC)c23)c1. The van der Waals surface area contributed by atoms with Gasteiger partial charge in [-0.1, -0.05) is 24.2 Å². The zero-order valence-corrected chi connectivity index (χ0v) is 14.9. The molecule has 0 saturated carbocycles. The van der Waals surface area contributed by atoms with Gasteiger partial charge in [-0.3, -0.25) is 4.72 Å². The monoisotopic (exact) mass is 362 g/mol. The molecule has 132 valence electrons. The number of fused-ring (bicyclic) bond motifs is 1. The van der Waals surface area contributed by atoms with Crippen molar-refractivity contribution >= 4 is 26.8 Å². The summed E-state index contributed by atoms with van der Waals surface area (Å²) in [7, 11) is -1.01. The molecular formula is C17H18N2O5S. The molecule has 0 spiro atoms. The van der Waals surface area contributed by atoms with Gasteiger partial charge in [-0.25, -0.2) is 8.42 Å². The van der Waals surface area contributed by atoms with Crippen molar-refractivity contribution in [2.24, 2.45) is 0 Å². The number of anilines is 1. The van der Waals surface area contributed by atoms with Crippen LogP contribution >= 0.6 is 0 Å². The van der Waals surface area contributed by atoms with E-state index in [1.165, 1.54) is 14.2 Å². The van der Waals surface area contributed by atoms with Crippen LogP contribution in [0.1, 0.15) is 12.5 Å². The fraction of sp³-hybridized carbons (Fsp3) is 0.235. The van der Waals surface area contributed by atoms with Gasteiger partial charge in [0.2, 0.25) is 0 Å². The van der Waals surface area contributed by atoms with Crippen molar-refractivity contribution in [3.63, 3.8) is 0 Å². The van der Waals surface area contributed by atoms with E-state index in [0.29, 0.717) is 23.1 Å². The average molecular weight is 362 g/mol. The second kappa shape index (κ2) is 6.64. The van der Waals surface area contributed by atoms with E-state index < -0.39 is 10.0 Å². The molecule has 0 bridgehead atoms.